The van der Waals surface area contributed by atoms with E-state index in [1.807, 2.05) is 13.0 Å². The molecule has 1 unspecified atom stereocenters. The van der Waals surface area contributed by atoms with E-state index in [1.165, 1.54) is 6.92 Å². The number of carbonyl (C=O) groups excluding carboxylic acids is 1. The number of hydrogen-bond acceptors (Lipinski definition) is 3. The van der Waals surface area contributed by atoms with Crippen molar-refractivity contribution in [1.29, 1.82) is 0 Å². The van der Waals surface area contributed by atoms with Gasteiger partial charge in [-0.3, -0.25) is 4.79 Å². The van der Waals surface area contributed by atoms with Crippen LogP contribution < -0.4 is 10.6 Å². The minimum Gasteiger partial charge on any atom is -0.480 e. The van der Waals surface area contributed by atoms with Crippen LogP contribution in [0.4, 0.5) is 5.69 Å². The minimum atomic E-state index is -1.10. The number of rotatable bonds is 5. The molecule has 0 heterocycles. The molecule has 104 valence electrons. The number of nitrogens with one attached hydrogen (secondary N) is 2. The van der Waals surface area contributed by atoms with E-state index >= 15 is 0 Å². The van der Waals surface area contributed by atoms with Crippen molar-refractivity contribution in [2.24, 2.45) is 0 Å². The molecular formula is C12H14BrClN2O3. The van der Waals surface area contributed by atoms with Crippen molar-refractivity contribution in [1.82, 2.24) is 5.32 Å². The molecule has 1 amide bonds. The Hall–Kier alpha value is -1.27. The normalized spacial score (nSPS) is 11.8. The fourth-order valence-electron chi connectivity index (χ4n) is 1.44. The Morgan fingerprint density at radius 2 is 2.11 bits per heavy atom. The summed E-state index contributed by atoms with van der Waals surface area (Å²) in [6.45, 7) is 3.20. The van der Waals surface area contributed by atoms with Crippen LogP contribution in [0.5, 0.6) is 0 Å². The van der Waals surface area contributed by atoms with Gasteiger partial charge in [-0.2, -0.15) is 0 Å². The second-order valence-electron chi connectivity index (χ2n) is 4.05. The zero-order valence-electron chi connectivity index (χ0n) is 10.5. The zero-order chi connectivity index (χ0) is 14.6. The summed E-state index contributed by atoms with van der Waals surface area (Å²) in [5.74, 6) is -1.49. The number of aryl methyl sites for hydroxylation is 1. The molecule has 0 saturated carbocycles. The molecule has 0 aliphatic carbocycles. The Balaban J connectivity index is 2.77. The Morgan fingerprint density at radius 3 is 2.63 bits per heavy atom. The summed E-state index contributed by atoms with van der Waals surface area (Å²) >= 11 is 9.36. The molecule has 0 bridgehead atoms. The van der Waals surface area contributed by atoms with Crippen LogP contribution >= 0.6 is 27.5 Å². The molecule has 0 radical (unpaired) electrons. The fourth-order valence-corrected chi connectivity index (χ4v) is 2.20. The van der Waals surface area contributed by atoms with Gasteiger partial charge in [-0.05, 0) is 40.5 Å². The van der Waals surface area contributed by atoms with Crippen molar-refractivity contribution in [3.8, 4) is 0 Å². The number of anilines is 1. The third-order valence-electron chi connectivity index (χ3n) is 2.42. The van der Waals surface area contributed by atoms with Crippen LogP contribution in [-0.4, -0.2) is 29.6 Å². The number of halogens is 2. The standard InChI is InChI=1S/C12H14BrClN2O3/c1-6-3-8(13)10(4-9(6)14)15-5-11(12(18)19)16-7(2)17/h3-4,11,15H,5H2,1-2H3,(H,16,17)(H,18,19). The number of hydrogen-bond donors (Lipinski definition) is 3. The van der Waals surface area contributed by atoms with E-state index in [1.54, 1.807) is 6.07 Å². The molecule has 1 aromatic rings. The van der Waals surface area contributed by atoms with Crippen molar-refractivity contribution in [3.05, 3.63) is 27.2 Å². The molecule has 0 aliphatic rings. The van der Waals surface area contributed by atoms with Gasteiger partial charge in [0.1, 0.15) is 6.04 Å². The first-order chi connectivity index (χ1) is 8.81. The van der Waals surface area contributed by atoms with Crippen LogP contribution in [0.1, 0.15) is 12.5 Å². The summed E-state index contributed by atoms with van der Waals surface area (Å²) in [6.07, 6.45) is 0. The second-order valence-corrected chi connectivity index (χ2v) is 5.32. The maximum Gasteiger partial charge on any atom is 0.328 e. The van der Waals surface area contributed by atoms with E-state index in [0.29, 0.717) is 10.7 Å². The minimum absolute atomic E-state index is 0.0624. The van der Waals surface area contributed by atoms with Crippen molar-refractivity contribution >= 4 is 45.1 Å². The molecule has 0 aromatic heterocycles. The third-order valence-corrected chi connectivity index (χ3v) is 3.48. The third kappa shape index (κ3) is 4.72. The Labute approximate surface area is 124 Å². The average Bonchev–Trinajstić information content (AvgIpc) is 2.29. The van der Waals surface area contributed by atoms with Crippen molar-refractivity contribution in [2.45, 2.75) is 19.9 Å². The largest absolute Gasteiger partial charge is 0.480 e. The predicted molar refractivity (Wildman–Crippen MR) is 77.6 cm³/mol. The predicted octanol–water partition coefficient (Wildman–Crippen LogP) is 2.41. The van der Waals surface area contributed by atoms with Gasteiger partial charge in [0.15, 0.2) is 0 Å². The van der Waals surface area contributed by atoms with Gasteiger partial charge in [0.05, 0.1) is 5.69 Å². The van der Waals surface area contributed by atoms with Gasteiger partial charge >= 0.3 is 5.97 Å². The molecule has 5 nitrogen and oxygen atoms in total. The highest BCUT2D eigenvalue weighted by Crippen LogP contribution is 2.29. The van der Waals surface area contributed by atoms with Crippen LogP contribution in [-0.2, 0) is 9.59 Å². The van der Waals surface area contributed by atoms with Crippen LogP contribution in [0.3, 0.4) is 0 Å². The Bertz CT molecular complexity index is 508. The Kier molecular flexibility index (Phi) is 5.62. The van der Waals surface area contributed by atoms with Gasteiger partial charge in [-0.25, -0.2) is 4.79 Å². The molecule has 1 atom stereocenters. The molecule has 0 fully saturated rings. The lowest BCUT2D eigenvalue weighted by atomic mass is 10.2. The highest BCUT2D eigenvalue weighted by molar-refractivity contribution is 9.10. The molecule has 1 rings (SSSR count). The summed E-state index contributed by atoms with van der Waals surface area (Å²) in [6, 6.07) is 2.54. The monoisotopic (exact) mass is 348 g/mol. The lowest BCUT2D eigenvalue weighted by molar-refractivity contribution is -0.141. The molecule has 0 aliphatic heterocycles. The van der Waals surface area contributed by atoms with Crippen LogP contribution in [0.2, 0.25) is 5.02 Å². The summed E-state index contributed by atoms with van der Waals surface area (Å²) in [5, 5.41) is 14.8. The SMILES string of the molecule is CC(=O)NC(CNc1cc(Cl)c(C)cc1Br)C(=O)O. The first kappa shape index (κ1) is 15.8. The van der Waals surface area contributed by atoms with E-state index in [4.69, 9.17) is 16.7 Å². The second kappa shape index (κ2) is 6.77. The van der Waals surface area contributed by atoms with Gasteiger partial charge in [0.2, 0.25) is 5.91 Å². The highest BCUT2D eigenvalue weighted by atomic mass is 79.9. The molecule has 3 N–H and O–H groups in total. The lowest BCUT2D eigenvalue weighted by Gasteiger charge is -2.16. The molecule has 7 heteroatoms. The number of carbonyl (C=O) groups is 2. The molecule has 1 aromatic carbocycles. The van der Waals surface area contributed by atoms with Gasteiger partial charge in [0, 0.05) is 23.0 Å². The number of carboxylic acid groups (broad SMARTS) is 1. The van der Waals surface area contributed by atoms with E-state index in [2.05, 4.69) is 26.6 Å². The number of amides is 1. The summed E-state index contributed by atoms with van der Waals surface area (Å²) in [5.41, 5.74) is 1.59. The van der Waals surface area contributed by atoms with Crippen molar-refractivity contribution in [2.75, 3.05) is 11.9 Å². The first-order valence-electron chi connectivity index (χ1n) is 5.50. The number of aliphatic carboxylic acids is 1. The van der Waals surface area contributed by atoms with E-state index < -0.39 is 17.9 Å². The molecule has 0 saturated heterocycles. The maximum absolute atomic E-state index is 11.0. The molecule has 19 heavy (non-hydrogen) atoms. The van der Waals surface area contributed by atoms with Crippen LogP contribution in [0.25, 0.3) is 0 Å². The number of carboxylic acids is 1. The Morgan fingerprint density at radius 1 is 1.47 bits per heavy atom. The van der Waals surface area contributed by atoms with Gasteiger partial charge in [0.25, 0.3) is 0 Å². The zero-order valence-corrected chi connectivity index (χ0v) is 12.8. The average molecular weight is 350 g/mol. The highest BCUT2D eigenvalue weighted by Gasteiger charge is 2.18. The summed E-state index contributed by atoms with van der Waals surface area (Å²) in [4.78, 5) is 21.9. The molecule has 0 spiro atoms. The summed E-state index contributed by atoms with van der Waals surface area (Å²) in [7, 11) is 0. The van der Waals surface area contributed by atoms with Crippen molar-refractivity contribution < 1.29 is 14.7 Å². The smallest absolute Gasteiger partial charge is 0.328 e. The fraction of sp³-hybridized carbons (Fsp3) is 0.333. The topological polar surface area (TPSA) is 78.4 Å². The molecular weight excluding hydrogens is 336 g/mol. The maximum atomic E-state index is 11.0. The van der Waals surface area contributed by atoms with E-state index in [-0.39, 0.29) is 6.54 Å². The summed E-state index contributed by atoms with van der Waals surface area (Å²) < 4.78 is 0.779. The lowest BCUT2D eigenvalue weighted by Crippen LogP contribution is -2.44. The first-order valence-corrected chi connectivity index (χ1v) is 6.67. The van der Waals surface area contributed by atoms with Crippen LogP contribution in [0, 0.1) is 6.92 Å². The van der Waals surface area contributed by atoms with Gasteiger partial charge in [-0.1, -0.05) is 11.6 Å². The van der Waals surface area contributed by atoms with Gasteiger partial charge < -0.3 is 15.7 Å². The van der Waals surface area contributed by atoms with E-state index in [9.17, 15) is 9.59 Å². The quantitative estimate of drug-likeness (QED) is 0.763. The number of benzene rings is 1. The van der Waals surface area contributed by atoms with E-state index in [0.717, 1.165) is 10.0 Å². The van der Waals surface area contributed by atoms with Gasteiger partial charge in [-0.15, -0.1) is 0 Å². The van der Waals surface area contributed by atoms with Crippen molar-refractivity contribution in [3.63, 3.8) is 0 Å². The van der Waals surface area contributed by atoms with Crippen LogP contribution in [0.15, 0.2) is 16.6 Å².